The number of benzene rings is 2. The fourth-order valence-electron chi connectivity index (χ4n) is 4.10. The van der Waals surface area contributed by atoms with E-state index < -0.39 is 5.97 Å². The second-order valence-electron chi connectivity index (χ2n) is 8.08. The van der Waals surface area contributed by atoms with Crippen LogP contribution < -0.4 is 10.5 Å². The standard InChI is InChI=1S/C24H23N3O4/c1-24(2)18-10-6-7-11-20(18)27(3)21(24)12-15(28)14-31-22(29)13-19-16-8-4-5-9-17(16)23(30)26-25-19/h4-12H,13-14H2,1-3H3,(H,26,30)/b21-12-. The summed E-state index contributed by atoms with van der Waals surface area (Å²) in [6.45, 7) is 3.77. The van der Waals surface area contributed by atoms with Gasteiger partial charge < -0.3 is 9.64 Å². The molecule has 158 valence electrons. The van der Waals surface area contributed by atoms with Crippen LogP contribution >= 0.6 is 0 Å². The minimum absolute atomic E-state index is 0.141. The molecular formula is C24H23N3O4. The Hall–Kier alpha value is -3.74. The number of nitrogens with zero attached hydrogens (tertiary/aromatic N) is 2. The number of rotatable bonds is 5. The van der Waals surface area contributed by atoms with Gasteiger partial charge in [0.2, 0.25) is 0 Å². The number of hydrogen-bond acceptors (Lipinski definition) is 6. The highest BCUT2D eigenvalue weighted by Crippen LogP contribution is 2.46. The summed E-state index contributed by atoms with van der Waals surface area (Å²) in [4.78, 5) is 38.7. The molecule has 0 spiro atoms. The molecule has 1 aromatic heterocycles. The summed E-state index contributed by atoms with van der Waals surface area (Å²) >= 11 is 0. The number of ketones is 1. The molecule has 3 aromatic rings. The summed E-state index contributed by atoms with van der Waals surface area (Å²) in [6.07, 6.45) is 1.40. The molecule has 0 saturated carbocycles. The molecule has 2 heterocycles. The topological polar surface area (TPSA) is 92.4 Å². The maximum Gasteiger partial charge on any atom is 0.312 e. The van der Waals surface area contributed by atoms with E-state index in [1.54, 1.807) is 30.3 Å². The molecule has 0 radical (unpaired) electrons. The van der Waals surface area contributed by atoms with Gasteiger partial charge in [0, 0.05) is 35.3 Å². The molecule has 0 aliphatic carbocycles. The second-order valence-corrected chi connectivity index (χ2v) is 8.08. The van der Waals surface area contributed by atoms with Gasteiger partial charge in [-0.3, -0.25) is 14.4 Å². The van der Waals surface area contributed by atoms with Crippen LogP contribution in [0.15, 0.2) is 65.1 Å². The van der Waals surface area contributed by atoms with Crippen molar-refractivity contribution in [3.8, 4) is 0 Å². The number of nitrogens with one attached hydrogen (secondary N) is 1. The molecule has 1 N–H and O–H groups in total. The van der Waals surface area contributed by atoms with Crippen molar-refractivity contribution in [1.29, 1.82) is 0 Å². The third-order valence-corrected chi connectivity index (χ3v) is 5.70. The van der Waals surface area contributed by atoms with E-state index in [1.807, 2.05) is 30.1 Å². The lowest BCUT2D eigenvalue weighted by molar-refractivity contribution is -0.146. The van der Waals surface area contributed by atoms with E-state index in [-0.39, 0.29) is 29.8 Å². The highest BCUT2D eigenvalue weighted by molar-refractivity contribution is 5.95. The molecular weight excluding hydrogens is 394 g/mol. The van der Waals surface area contributed by atoms with Crippen molar-refractivity contribution in [2.45, 2.75) is 25.7 Å². The lowest BCUT2D eigenvalue weighted by Crippen LogP contribution is -2.25. The van der Waals surface area contributed by atoms with E-state index >= 15 is 0 Å². The zero-order chi connectivity index (χ0) is 22.2. The van der Waals surface area contributed by atoms with Crippen molar-refractivity contribution in [3.05, 3.63) is 81.9 Å². The molecule has 1 aliphatic rings. The normalized spacial score (nSPS) is 15.8. The van der Waals surface area contributed by atoms with Gasteiger partial charge in [0.05, 0.1) is 17.5 Å². The maximum atomic E-state index is 12.6. The van der Waals surface area contributed by atoms with Gasteiger partial charge in [0.25, 0.3) is 5.56 Å². The zero-order valence-electron chi connectivity index (χ0n) is 17.6. The molecule has 7 heteroatoms. The molecule has 0 unspecified atom stereocenters. The number of para-hydroxylation sites is 1. The monoisotopic (exact) mass is 417 g/mol. The Morgan fingerprint density at radius 2 is 1.77 bits per heavy atom. The first-order valence-corrected chi connectivity index (χ1v) is 9.99. The fourth-order valence-corrected chi connectivity index (χ4v) is 4.10. The van der Waals surface area contributed by atoms with E-state index in [4.69, 9.17) is 4.74 Å². The molecule has 2 aromatic carbocycles. The van der Waals surface area contributed by atoms with E-state index in [2.05, 4.69) is 30.1 Å². The average molecular weight is 417 g/mol. The lowest BCUT2D eigenvalue weighted by atomic mass is 9.83. The predicted octanol–water partition coefficient (Wildman–Crippen LogP) is 2.89. The van der Waals surface area contributed by atoms with E-state index in [1.165, 1.54) is 0 Å². The van der Waals surface area contributed by atoms with Gasteiger partial charge in [-0.25, -0.2) is 5.10 Å². The summed E-state index contributed by atoms with van der Waals surface area (Å²) in [6, 6.07) is 14.9. The van der Waals surface area contributed by atoms with Gasteiger partial charge in [-0.1, -0.05) is 50.2 Å². The quantitative estimate of drug-likeness (QED) is 0.507. The van der Waals surface area contributed by atoms with Gasteiger partial charge in [-0.2, -0.15) is 5.10 Å². The Morgan fingerprint density at radius 1 is 1.10 bits per heavy atom. The van der Waals surface area contributed by atoms with Gasteiger partial charge in [-0.15, -0.1) is 0 Å². The van der Waals surface area contributed by atoms with Crippen molar-refractivity contribution in [1.82, 2.24) is 10.2 Å². The molecule has 1 aliphatic heterocycles. The van der Waals surface area contributed by atoms with E-state index in [0.29, 0.717) is 16.5 Å². The Bertz CT molecular complexity index is 1270. The number of allylic oxidation sites excluding steroid dienone is 1. The number of likely N-dealkylation sites (N-methyl/N-ethyl adjacent to an activating group) is 1. The third-order valence-electron chi connectivity index (χ3n) is 5.70. The van der Waals surface area contributed by atoms with Gasteiger partial charge in [0.15, 0.2) is 12.4 Å². The predicted molar refractivity (Wildman–Crippen MR) is 118 cm³/mol. The molecule has 0 bridgehead atoms. The first-order chi connectivity index (χ1) is 14.8. The number of H-pyrrole nitrogens is 1. The number of hydrogen-bond donors (Lipinski definition) is 1. The van der Waals surface area contributed by atoms with Crippen LogP contribution in [0.25, 0.3) is 10.8 Å². The van der Waals surface area contributed by atoms with Crippen molar-refractivity contribution in [2.24, 2.45) is 0 Å². The van der Waals surface area contributed by atoms with Crippen molar-refractivity contribution >= 4 is 28.2 Å². The van der Waals surface area contributed by atoms with E-state index in [0.717, 1.165) is 16.9 Å². The molecule has 0 fully saturated rings. The molecule has 4 rings (SSSR count). The summed E-state index contributed by atoms with van der Waals surface area (Å²) in [5, 5.41) is 7.39. The number of esters is 1. The van der Waals surface area contributed by atoms with Crippen LogP contribution in [0.5, 0.6) is 0 Å². The highest BCUT2D eigenvalue weighted by atomic mass is 16.5. The van der Waals surface area contributed by atoms with Crippen LogP contribution in [0.3, 0.4) is 0 Å². The maximum absolute atomic E-state index is 12.6. The number of anilines is 1. The van der Waals surface area contributed by atoms with Gasteiger partial charge >= 0.3 is 5.97 Å². The number of ether oxygens (including phenoxy) is 1. The Morgan fingerprint density at radius 3 is 2.52 bits per heavy atom. The Kier molecular flexibility index (Phi) is 5.19. The third kappa shape index (κ3) is 3.74. The van der Waals surface area contributed by atoms with E-state index in [9.17, 15) is 14.4 Å². The Balaban J connectivity index is 1.45. The molecule has 7 nitrogen and oxygen atoms in total. The zero-order valence-corrected chi connectivity index (χ0v) is 17.6. The van der Waals surface area contributed by atoms with Gasteiger partial charge in [0.1, 0.15) is 0 Å². The number of aromatic nitrogens is 2. The lowest BCUT2D eigenvalue weighted by Gasteiger charge is -2.23. The largest absolute Gasteiger partial charge is 0.457 e. The van der Waals surface area contributed by atoms with Crippen LogP contribution in [-0.2, 0) is 26.2 Å². The average Bonchev–Trinajstić information content (AvgIpc) is 2.95. The number of carbonyl (C=O) groups excluding carboxylic acids is 2. The number of aromatic amines is 1. The molecule has 0 saturated heterocycles. The first kappa shape index (κ1) is 20.5. The minimum Gasteiger partial charge on any atom is -0.457 e. The second kappa shape index (κ2) is 7.83. The Labute approximate surface area is 179 Å². The minimum atomic E-state index is -0.584. The summed E-state index contributed by atoms with van der Waals surface area (Å²) in [5.41, 5.74) is 2.80. The SMILES string of the molecule is CN1/C(=C\C(=O)COC(=O)Cc2n[nH]c(=O)c3ccccc23)C(C)(C)c2ccccc21. The van der Waals surface area contributed by atoms with Crippen molar-refractivity contribution in [3.63, 3.8) is 0 Å². The number of carbonyl (C=O) groups is 2. The smallest absolute Gasteiger partial charge is 0.312 e. The summed E-state index contributed by atoms with van der Waals surface area (Å²) < 4.78 is 5.19. The summed E-state index contributed by atoms with van der Waals surface area (Å²) in [7, 11) is 1.92. The van der Waals surface area contributed by atoms with Crippen LogP contribution in [0.4, 0.5) is 5.69 Å². The van der Waals surface area contributed by atoms with Crippen molar-refractivity contribution < 1.29 is 14.3 Å². The van der Waals surface area contributed by atoms with Crippen molar-refractivity contribution in [2.75, 3.05) is 18.6 Å². The molecule has 31 heavy (non-hydrogen) atoms. The highest BCUT2D eigenvalue weighted by Gasteiger charge is 2.38. The number of fused-ring (bicyclic) bond motifs is 2. The van der Waals surface area contributed by atoms with Crippen LogP contribution in [0.2, 0.25) is 0 Å². The van der Waals surface area contributed by atoms with Gasteiger partial charge in [-0.05, 0) is 17.7 Å². The van der Waals surface area contributed by atoms with Crippen LogP contribution in [0.1, 0.15) is 25.1 Å². The van der Waals surface area contributed by atoms with Crippen LogP contribution in [-0.4, -0.2) is 35.6 Å². The first-order valence-electron chi connectivity index (χ1n) is 9.99. The summed E-state index contributed by atoms with van der Waals surface area (Å²) in [5.74, 6) is -0.880. The molecule has 0 atom stereocenters. The molecule has 0 amide bonds. The van der Waals surface area contributed by atoms with Crippen LogP contribution in [0, 0.1) is 0 Å². The fraction of sp³-hybridized carbons (Fsp3) is 0.250.